The lowest BCUT2D eigenvalue weighted by molar-refractivity contribution is 0.403. The fourth-order valence-corrected chi connectivity index (χ4v) is 3.42. The molecule has 2 atom stereocenters. The third-order valence-corrected chi connectivity index (χ3v) is 4.51. The van der Waals surface area contributed by atoms with Crippen molar-refractivity contribution in [2.75, 3.05) is 25.5 Å². The molecule has 2 nitrogen and oxygen atoms in total. The van der Waals surface area contributed by atoms with E-state index in [0.717, 1.165) is 18.5 Å². The van der Waals surface area contributed by atoms with Crippen LogP contribution in [0.1, 0.15) is 36.8 Å². The lowest BCUT2D eigenvalue weighted by atomic mass is 9.99. The molecule has 0 aromatic heterocycles. The first kappa shape index (κ1) is 14.4. The van der Waals surface area contributed by atoms with E-state index < -0.39 is 0 Å². The molecule has 2 heteroatoms. The first-order valence-electron chi connectivity index (χ1n) is 7.57. The van der Waals surface area contributed by atoms with Gasteiger partial charge < -0.3 is 10.2 Å². The summed E-state index contributed by atoms with van der Waals surface area (Å²) in [6, 6.07) is 7.56. The summed E-state index contributed by atoms with van der Waals surface area (Å²) in [7, 11) is 4.33. The number of nitrogens with zero attached hydrogens (tertiary/aromatic N) is 1. The largest absolute Gasteiger partial charge is 0.375 e. The van der Waals surface area contributed by atoms with E-state index in [2.05, 4.69) is 56.4 Å². The van der Waals surface area contributed by atoms with Crippen molar-refractivity contribution in [2.45, 2.75) is 45.6 Å². The molecule has 0 amide bonds. The lowest BCUT2D eigenvalue weighted by Crippen LogP contribution is -2.31. The van der Waals surface area contributed by atoms with E-state index in [1.165, 1.54) is 42.5 Å². The first-order chi connectivity index (χ1) is 9.10. The number of rotatable bonds is 5. The molecule has 0 saturated heterocycles. The van der Waals surface area contributed by atoms with E-state index in [1.807, 2.05) is 0 Å². The Bertz CT molecular complexity index is 393. The SMILES string of the molecule is CNC1CCCC1CCN(C)c1cc(C)cc(C)c1. The number of nitrogens with one attached hydrogen (secondary N) is 1. The van der Waals surface area contributed by atoms with Crippen molar-refractivity contribution < 1.29 is 0 Å². The van der Waals surface area contributed by atoms with Crippen molar-refractivity contribution in [2.24, 2.45) is 5.92 Å². The summed E-state index contributed by atoms with van der Waals surface area (Å²) < 4.78 is 0. The maximum Gasteiger partial charge on any atom is 0.0368 e. The minimum Gasteiger partial charge on any atom is -0.375 e. The van der Waals surface area contributed by atoms with E-state index in [1.54, 1.807) is 0 Å². The molecule has 106 valence electrons. The van der Waals surface area contributed by atoms with Crippen molar-refractivity contribution in [1.29, 1.82) is 0 Å². The van der Waals surface area contributed by atoms with Crippen LogP contribution < -0.4 is 10.2 Å². The summed E-state index contributed by atoms with van der Waals surface area (Å²) in [5.41, 5.74) is 4.07. The summed E-state index contributed by atoms with van der Waals surface area (Å²) in [5, 5.41) is 3.48. The average Bonchev–Trinajstić information content (AvgIpc) is 2.82. The third-order valence-electron chi connectivity index (χ3n) is 4.51. The zero-order valence-corrected chi connectivity index (χ0v) is 12.9. The zero-order chi connectivity index (χ0) is 13.8. The molecule has 1 aliphatic rings. The van der Waals surface area contributed by atoms with Crippen molar-refractivity contribution >= 4 is 5.69 Å². The summed E-state index contributed by atoms with van der Waals surface area (Å²) >= 11 is 0. The van der Waals surface area contributed by atoms with Gasteiger partial charge in [-0.05, 0) is 69.3 Å². The lowest BCUT2D eigenvalue weighted by Gasteiger charge is -2.25. The van der Waals surface area contributed by atoms with Gasteiger partial charge in [0.05, 0.1) is 0 Å². The highest BCUT2D eigenvalue weighted by atomic mass is 15.1. The summed E-state index contributed by atoms with van der Waals surface area (Å²) in [5.74, 6) is 0.860. The molecular weight excluding hydrogens is 232 g/mol. The van der Waals surface area contributed by atoms with Crippen LogP contribution >= 0.6 is 0 Å². The maximum atomic E-state index is 3.48. The molecule has 0 radical (unpaired) electrons. The molecule has 0 bridgehead atoms. The van der Waals surface area contributed by atoms with Gasteiger partial charge in [0.25, 0.3) is 0 Å². The van der Waals surface area contributed by atoms with E-state index in [4.69, 9.17) is 0 Å². The predicted molar refractivity (Wildman–Crippen MR) is 84.0 cm³/mol. The molecular formula is C17H28N2. The van der Waals surface area contributed by atoms with Gasteiger partial charge in [-0.25, -0.2) is 0 Å². The van der Waals surface area contributed by atoms with Gasteiger partial charge in [-0.15, -0.1) is 0 Å². The zero-order valence-electron chi connectivity index (χ0n) is 12.9. The van der Waals surface area contributed by atoms with Crippen LogP contribution in [0.5, 0.6) is 0 Å². The second kappa shape index (κ2) is 6.42. The van der Waals surface area contributed by atoms with Crippen LogP contribution in [0.3, 0.4) is 0 Å². The van der Waals surface area contributed by atoms with Crippen LogP contribution in [-0.2, 0) is 0 Å². The van der Waals surface area contributed by atoms with Gasteiger partial charge >= 0.3 is 0 Å². The standard InChI is InChI=1S/C17H28N2/c1-13-10-14(2)12-16(11-13)19(4)9-8-15-6-5-7-17(15)18-3/h10-12,15,17-18H,5-9H2,1-4H3. The van der Waals surface area contributed by atoms with E-state index >= 15 is 0 Å². The van der Waals surface area contributed by atoms with Crippen LogP contribution in [0, 0.1) is 19.8 Å². The quantitative estimate of drug-likeness (QED) is 0.871. The normalized spacial score (nSPS) is 22.7. The molecule has 2 rings (SSSR count). The summed E-state index contributed by atoms with van der Waals surface area (Å²) in [4.78, 5) is 2.41. The van der Waals surface area contributed by atoms with Gasteiger partial charge in [0.1, 0.15) is 0 Å². The second-order valence-corrected chi connectivity index (χ2v) is 6.14. The number of aryl methyl sites for hydroxylation is 2. The fraction of sp³-hybridized carbons (Fsp3) is 0.647. The molecule has 1 N–H and O–H groups in total. The highest BCUT2D eigenvalue weighted by molar-refractivity contribution is 5.50. The molecule has 0 heterocycles. The Labute approximate surface area is 118 Å². The molecule has 1 aliphatic carbocycles. The number of hydrogen-bond acceptors (Lipinski definition) is 2. The Morgan fingerprint density at radius 3 is 2.47 bits per heavy atom. The first-order valence-corrected chi connectivity index (χ1v) is 7.57. The Kier molecular flexibility index (Phi) is 4.87. The molecule has 1 aromatic rings. The average molecular weight is 260 g/mol. The number of anilines is 1. The minimum atomic E-state index is 0.743. The van der Waals surface area contributed by atoms with Crippen molar-refractivity contribution in [1.82, 2.24) is 5.32 Å². The van der Waals surface area contributed by atoms with Crippen molar-refractivity contribution in [3.8, 4) is 0 Å². The van der Waals surface area contributed by atoms with E-state index in [0.29, 0.717) is 0 Å². The topological polar surface area (TPSA) is 15.3 Å². The van der Waals surface area contributed by atoms with E-state index in [-0.39, 0.29) is 0 Å². The Hall–Kier alpha value is -1.02. The molecule has 0 aliphatic heterocycles. The number of benzene rings is 1. The summed E-state index contributed by atoms with van der Waals surface area (Å²) in [6.45, 7) is 5.52. The van der Waals surface area contributed by atoms with Crippen LogP contribution in [-0.4, -0.2) is 26.7 Å². The Morgan fingerprint density at radius 2 is 1.84 bits per heavy atom. The van der Waals surface area contributed by atoms with Crippen LogP contribution in [0.25, 0.3) is 0 Å². The maximum absolute atomic E-state index is 3.48. The molecule has 2 unspecified atom stereocenters. The predicted octanol–water partition coefficient (Wildman–Crippen LogP) is 3.52. The smallest absolute Gasteiger partial charge is 0.0368 e. The van der Waals surface area contributed by atoms with Crippen LogP contribution in [0.15, 0.2) is 18.2 Å². The van der Waals surface area contributed by atoms with Gasteiger partial charge in [0.2, 0.25) is 0 Å². The third kappa shape index (κ3) is 3.73. The van der Waals surface area contributed by atoms with Crippen LogP contribution in [0.2, 0.25) is 0 Å². The number of hydrogen-bond donors (Lipinski definition) is 1. The minimum absolute atomic E-state index is 0.743. The molecule has 0 spiro atoms. The highest BCUT2D eigenvalue weighted by Gasteiger charge is 2.25. The van der Waals surface area contributed by atoms with Gasteiger partial charge in [-0.3, -0.25) is 0 Å². The second-order valence-electron chi connectivity index (χ2n) is 6.14. The molecule has 1 fully saturated rings. The van der Waals surface area contributed by atoms with Gasteiger partial charge in [-0.1, -0.05) is 12.5 Å². The molecule has 19 heavy (non-hydrogen) atoms. The molecule has 1 aromatic carbocycles. The highest BCUT2D eigenvalue weighted by Crippen LogP contribution is 2.29. The summed E-state index contributed by atoms with van der Waals surface area (Å²) in [6.07, 6.45) is 5.44. The molecule has 1 saturated carbocycles. The monoisotopic (exact) mass is 260 g/mol. The van der Waals surface area contributed by atoms with Gasteiger partial charge in [0, 0.05) is 25.3 Å². The van der Waals surface area contributed by atoms with E-state index in [9.17, 15) is 0 Å². The Morgan fingerprint density at radius 1 is 1.16 bits per heavy atom. The van der Waals surface area contributed by atoms with Crippen molar-refractivity contribution in [3.05, 3.63) is 29.3 Å². The van der Waals surface area contributed by atoms with Crippen LogP contribution in [0.4, 0.5) is 5.69 Å². The van der Waals surface area contributed by atoms with Gasteiger partial charge in [0.15, 0.2) is 0 Å². The van der Waals surface area contributed by atoms with Gasteiger partial charge in [-0.2, -0.15) is 0 Å². The fourth-order valence-electron chi connectivity index (χ4n) is 3.42. The van der Waals surface area contributed by atoms with Crippen molar-refractivity contribution in [3.63, 3.8) is 0 Å². The Balaban J connectivity index is 1.91.